The molecule has 5 heteroatoms. The third kappa shape index (κ3) is 5.75. The van der Waals surface area contributed by atoms with Crippen LogP contribution in [0, 0.1) is 0 Å². The summed E-state index contributed by atoms with van der Waals surface area (Å²) in [5.41, 5.74) is 5.66. The Balaban J connectivity index is 0.000000212. The zero-order valence-corrected chi connectivity index (χ0v) is 14.4. The van der Waals surface area contributed by atoms with Gasteiger partial charge in [-0.1, -0.05) is 60.7 Å². The van der Waals surface area contributed by atoms with E-state index in [4.69, 9.17) is 5.21 Å². The van der Waals surface area contributed by atoms with E-state index in [0.717, 1.165) is 11.1 Å². The highest BCUT2D eigenvalue weighted by Gasteiger charge is 2.05. The van der Waals surface area contributed by atoms with E-state index < -0.39 is 0 Å². The first-order valence-electron chi connectivity index (χ1n) is 7.87. The minimum Gasteiger partial charge on any atom is -0.378 e. The zero-order chi connectivity index (χ0) is 17.9. The molecular formula is C20H22N4O. The molecule has 0 spiro atoms. The highest BCUT2D eigenvalue weighted by Crippen LogP contribution is 2.10. The van der Waals surface area contributed by atoms with Crippen molar-refractivity contribution in [3.63, 3.8) is 0 Å². The lowest BCUT2D eigenvalue weighted by Crippen LogP contribution is -2.09. The molecule has 0 aliphatic rings. The first kappa shape index (κ1) is 18.2. The summed E-state index contributed by atoms with van der Waals surface area (Å²) in [6.07, 6.45) is 3.57. The van der Waals surface area contributed by atoms with Crippen LogP contribution < -0.4 is 10.5 Å². The lowest BCUT2D eigenvalue weighted by molar-refractivity contribution is 0.172. The monoisotopic (exact) mass is 334 g/mol. The fourth-order valence-electron chi connectivity index (χ4n) is 2.18. The number of pyridine rings is 1. The van der Waals surface area contributed by atoms with Gasteiger partial charge in [0.1, 0.15) is 0 Å². The number of nitrogens with one attached hydrogen (secondary N) is 1. The van der Waals surface area contributed by atoms with Gasteiger partial charge in [0.2, 0.25) is 0 Å². The van der Waals surface area contributed by atoms with Gasteiger partial charge in [-0.05, 0) is 12.1 Å². The summed E-state index contributed by atoms with van der Waals surface area (Å²) in [4.78, 5) is 5.94. The molecule has 0 amide bonds. The van der Waals surface area contributed by atoms with Crippen LogP contribution in [-0.4, -0.2) is 30.0 Å². The second kappa shape index (κ2) is 9.85. The molecule has 128 valence electrons. The molecule has 0 atom stereocenters. The summed E-state index contributed by atoms with van der Waals surface area (Å²) in [6.45, 7) is 0. The van der Waals surface area contributed by atoms with Gasteiger partial charge in [-0.25, -0.2) is 0 Å². The molecule has 5 nitrogen and oxygen atoms in total. The number of rotatable bonds is 4. The van der Waals surface area contributed by atoms with Crippen molar-refractivity contribution < 1.29 is 5.21 Å². The van der Waals surface area contributed by atoms with Crippen LogP contribution in [0.1, 0.15) is 11.1 Å². The van der Waals surface area contributed by atoms with Crippen molar-refractivity contribution >= 4 is 11.4 Å². The number of anilines is 1. The number of aromatic nitrogens is 1. The van der Waals surface area contributed by atoms with E-state index in [1.165, 1.54) is 5.69 Å². The third-order valence-electron chi connectivity index (χ3n) is 3.44. The Bertz CT molecular complexity index is 718. The highest BCUT2D eigenvalue weighted by atomic mass is 16.5. The molecule has 0 unspecified atom stereocenters. The molecule has 1 aromatic heterocycles. The zero-order valence-electron chi connectivity index (χ0n) is 14.4. The first-order chi connectivity index (χ1) is 12.2. The van der Waals surface area contributed by atoms with Crippen LogP contribution in [0.15, 0.2) is 90.3 Å². The van der Waals surface area contributed by atoms with Crippen LogP contribution in [0.25, 0.3) is 0 Å². The molecular weight excluding hydrogens is 312 g/mol. The Hall–Kier alpha value is -3.18. The molecule has 2 N–H and O–H groups in total. The molecule has 1 heterocycles. The Morgan fingerprint density at radius 1 is 0.840 bits per heavy atom. The maximum Gasteiger partial charge on any atom is 0.0998 e. The maximum absolute atomic E-state index is 8.72. The molecule has 0 aliphatic heterocycles. The van der Waals surface area contributed by atoms with Gasteiger partial charge in [0.15, 0.2) is 0 Å². The standard InChI is InChI=1S/C13H12N2O.C7H10N2/c16-15-14-13(11-7-3-1-4-8-11)12-9-5-2-6-10-12;1-9(2)7-3-5-8-6-4-7/h1-10,15-16H;3-6H,1-2H3. The van der Waals surface area contributed by atoms with E-state index in [-0.39, 0.29) is 0 Å². The molecule has 0 bridgehead atoms. The van der Waals surface area contributed by atoms with Crippen LogP contribution in [0.2, 0.25) is 0 Å². The van der Waals surface area contributed by atoms with Crippen molar-refractivity contribution in [3.8, 4) is 0 Å². The van der Waals surface area contributed by atoms with E-state index in [9.17, 15) is 0 Å². The van der Waals surface area contributed by atoms with E-state index in [1.807, 2.05) is 97.4 Å². The minimum atomic E-state index is 0.712. The second-order valence-corrected chi connectivity index (χ2v) is 5.39. The van der Waals surface area contributed by atoms with E-state index >= 15 is 0 Å². The molecule has 25 heavy (non-hydrogen) atoms. The summed E-state index contributed by atoms with van der Waals surface area (Å²) < 4.78 is 0. The van der Waals surface area contributed by atoms with Gasteiger partial charge < -0.3 is 4.90 Å². The second-order valence-electron chi connectivity index (χ2n) is 5.39. The highest BCUT2D eigenvalue weighted by molar-refractivity contribution is 6.12. The van der Waals surface area contributed by atoms with Gasteiger partial charge in [-0.3, -0.25) is 10.2 Å². The lowest BCUT2D eigenvalue weighted by Gasteiger charge is -2.10. The molecule has 2 aromatic carbocycles. The van der Waals surface area contributed by atoms with Crippen LogP contribution in [0.5, 0.6) is 0 Å². The molecule has 0 saturated carbocycles. The average molecular weight is 334 g/mol. The first-order valence-corrected chi connectivity index (χ1v) is 7.87. The van der Waals surface area contributed by atoms with E-state index in [1.54, 1.807) is 12.4 Å². The van der Waals surface area contributed by atoms with Crippen molar-refractivity contribution in [2.75, 3.05) is 19.0 Å². The van der Waals surface area contributed by atoms with Crippen molar-refractivity contribution in [2.45, 2.75) is 0 Å². The number of hydrogen-bond donors (Lipinski definition) is 2. The third-order valence-corrected chi connectivity index (χ3v) is 3.44. The van der Waals surface area contributed by atoms with Gasteiger partial charge in [0.05, 0.1) is 5.71 Å². The van der Waals surface area contributed by atoms with Gasteiger partial charge in [0.25, 0.3) is 0 Å². The topological polar surface area (TPSA) is 60.8 Å². The van der Waals surface area contributed by atoms with Gasteiger partial charge in [-0.2, -0.15) is 10.7 Å². The minimum absolute atomic E-state index is 0.712. The Labute approximate surface area is 148 Å². The van der Waals surface area contributed by atoms with Crippen molar-refractivity contribution in [1.29, 1.82) is 0 Å². The number of nitrogens with zero attached hydrogens (tertiary/aromatic N) is 3. The van der Waals surface area contributed by atoms with Crippen LogP contribution in [-0.2, 0) is 0 Å². The predicted molar refractivity (Wildman–Crippen MR) is 102 cm³/mol. The molecule has 0 saturated heterocycles. The summed E-state index contributed by atoms with van der Waals surface area (Å²) in [6, 6.07) is 23.4. The normalized spacial score (nSPS) is 9.40. The van der Waals surface area contributed by atoms with E-state index in [0.29, 0.717) is 5.71 Å². The van der Waals surface area contributed by atoms with Crippen molar-refractivity contribution in [1.82, 2.24) is 10.6 Å². The van der Waals surface area contributed by atoms with E-state index in [2.05, 4.69) is 10.1 Å². The Kier molecular flexibility index (Phi) is 7.15. The van der Waals surface area contributed by atoms with Crippen LogP contribution in [0.4, 0.5) is 5.69 Å². The van der Waals surface area contributed by atoms with Crippen molar-refractivity contribution in [2.24, 2.45) is 5.10 Å². The fourth-order valence-corrected chi connectivity index (χ4v) is 2.18. The molecule has 3 aromatic rings. The predicted octanol–water partition coefficient (Wildman–Crippen LogP) is 3.57. The smallest absolute Gasteiger partial charge is 0.0998 e. The summed E-state index contributed by atoms with van der Waals surface area (Å²) in [5.74, 6) is 0. The molecule has 0 fully saturated rings. The quantitative estimate of drug-likeness (QED) is 0.566. The number of benzene rings is 2. The van der Waals surface area contributed by atoms with Crippen molar-refractivity contribution in [3.05, 3.63) is 96.3 Å². The van der Waals surface area contributed by atoms with Crippen LogP contribution >= 0.6 is 0 Å². The summed E-state index contributed by atoms with van der Waals surface area (Å²) >= 11 is 0. The lowest BCUT2D eigenvalue weighted by atomic mass is 10.0. The molecule has 3 rings (SSSR count). The molecule has 0 aliphatic carbocycles. The number of hydrazone groups is 1. The average Bonchev–Trinajstić information content (AvgIpc) is 2.68. The fraction of sp³-hybridized carbons (Fsp3) is 0.100. The Morgan fingerprint density at radius 3 is 1.68 bits per heavy atom. The number of hydrogen-bond acceptors (Lipinski definition) is 5. The Morgan fingerprint density at radius 2 is 1.32 bits per heavy atom. The largest absolute Gasteiger partial charge is 0.378 e. The SMILES string of the molecule is CN(C)c1ccncc1.ONN=C(c1ccccc1)c1ccccc1. The van der Waals surface area contributed by atoms with Gasteiger partial charge in [0, 0.05) is 43.3 Å². The molecule has 0 radical (unpaired) electrons. The maximum atomic E-state index is 8.72. The van der Waals surface area contributed by atoms with Crippen LogP contribution in [0.3, 0.4) is 0 Å². The summed E-state index contributed by atoms with van der Waals surface area (Å²) in [7, 11) is 4.02. The van der Waals surface area contributed by atoms with Gasteiger partial charge >= 0.3 is 0 Å². The van der Waals surface area contributed by atoms with Gasteiger partial charge in [-0.15, -0.1) is 0 Å². The summed E-state index contributed by atoms with van der Waals surface area (Å²) in [5, 5.41) is 12.6.